The highest BCUT2D eigenvalue weighted by atomic mass is 16.8. The van der Waals surface area contributed by atoms with E-state index in [1.54, 1.807) is 18.2 Å². The van der Waals surface area contributed by atoms with E-state index in [1.165, 1.54) is 50.2 Å². The first-order chi connectivity index (χ1) is 11.0. The van der Waals surface area contributed by atoms with E-state index in [1.807, 2.05) is 0 Å². The van der Waals surface area contributed by atoms with Gasteiger partial charge in [-0.2, -0.15) is 5.10 Å². The Morgan fingerprint density at radius 3 is 2.04 bits per heavy atom. The number of aryl methyl sites for hydroxylation is 1. The van der Waals surface area contributed by atoms with Crippen molar-refractivity contribution in [2.45, 2.75) is 17.7 Å². The van der Waals surface area contributed by atoms with Crippen molar-refractivity contribution >= 4 is 0 Å². The molecule has 0 spiro atoms. The fourth-order valence-corrected chi connectivity index (χ4v) is 2.20. The molecule has 0 fully saturated rings. The molecule has 24 heavy (non-hydrogen) atoms. The van der Waals surface area contributed by atoms with Crippen LogP contribution in [0.25, 0.3) is 0 Å². The van der Waals surface area contributed by atoms with Gasteiger partial charge in [0.15, 0.2) is 0 Å². The molecule has 2 aromatic rings. The van der Waals surface area contributed by atoms with Gasteiger partial charge in [0, 0.05) is 18.8 Å². The zero-order valence-corrected chi connectivity index (χ0v) is 13.5. The normalized spacial score (nSPS) is 15.5. The maximum Gasteiger partial charge on any atom is 0.354 e. The third kappa shape index (κ3) is 3.06. The van der Waals surface area contributed by atoms with E-state index in [4.69, 9.17) is 4.74 Å². The maximum absolute atomic E-state index is 11.1. The van der Waals surface area contributed by atoms with Gasteiger partial charge in [-0.15, -0.1) is 0 Å². The molecule has 0 saturated heterocycles. The Morgan fingerprint density at radius 1 is 1.00 bits per heavy atom. The minimum atomic E-state index is -3.54. The van der Waals surface area contributed by atoms with Gasteiger partial charge in [-0.3, -0.25) is 14.3 Å². The van der Waals surface area contributed by atoms with Gasteiger partial charge in [-0.25, -0.2) is 0 Å². The van der Waals surface area contributed by atoms with Crippen molar-refractivity contribution in [2.75, 3.05) is 14.1 Å². The molecular formula is C15H21N3O6. The number of aliphatic hydroxyl groups is 5. The molecule has 1 unspecified atom stereocenters. The van der Waals surface area contributed by atoms with Crippen molar-refractivity contribution in [3.63, 3.8) is 0 Å². The van der Waals surface area contributed by atoms with Crippen molar-refractivity contribution in [3.8, 4) is 0 Å². The van der Waals surface area contributed by atoms with Crippen LogP contribution in [-0.4, -0.2) is 66.2 Å². The van der Waals surface area contributed by atoms with Crippen LogP contribution in [-0.2, 0) is 17.6 Å². The average molecular weight is 339 g/mol. The van der Waals surface area contributed by atoms with Gasteiger partial charge in [0.1, 0.15) is 5.69 Å². The number of nitrogens with zero attached hydrogens (tertiary/aromatic N) is 3. The fourth-order valence-electron chi connectivity index (χ4n) is 2.20. The number of rotatable bonds is 6. The van der Waals surface area contributed by atoms with Gasteiger partial charge in [0.05, 0.1) is 0 Å². The van der Waals surface area contributed by atoms with E-state index >= 15 is 0 Å². The third-order valence-electron chi connectivity index (χ3n) is 3.68. The largest absolute Gasteiger partial charge is 0.357 e. The molecule has 0 amide bonds. The summed E-state index contributed by atoms with van der Waals surface area (Å²) in [4.78, 5) is 0.710. The lowest BCUT2D eigenvalue weighted by Crippen LogP contribution is -2.66. The van der Waals surface area contributed by atoms with Crippen molar-refractivity contribution in [1.29, 1.82) is 0 Å². The van der Waals surface area contributed by atoms with Crippen molar-refractivity contribution in [3.05, 3.63) is 53.9 Å². The summed E-state index contributed by atoms with van der Waals surface area (Å²) in [5.74, 6) is -9.15. The molecule has 1 aromatic heterocycles. The molecule has 0 aliphatic carbocycles. The summed E-state index contributed by atoms with van der Waals surface area (Å²) in [5, 5.41) is 55.0. The molecule has 132 valence electrons. The summed E-state index contributed by atoms with van der Waals surface area (Å²) in [6, 6.07) is 9.26. The Labute approximate surface area is 138 Å². The lowest BCUT2D eigenvalue weighted by atomic mass is 10.0. The van der Waals surface area contributed by atoms with E-state index in [0.29, 0.717) is 4.90 Å². The molecule has 0 aliphatic rings. The van der Waals surface area contributed by atoms with Gasteiger partial charge in [-0.05, 0) is 20.2 Å². The summed E-state index contributed by atoms with van der Waals surface area (Å²) in [7, 11) is 3.90. The fraction of sp³-hybridized carbons (Fsp3) is 0.400. The van der Waals surface area contributed by atoms with Gasteiger partial charge >= 0.3 is 11.9 Å². The smallest absolute Gasteiger partial charge is 0.354 e. The van der Waals surface area contributed by atoms with Crippen LogP contribution in [0.15, 0.2) is 42.6 Å². The van der Waals surface area contributed by atoms with Gasteiger partial charge in [0.2, 0.25) is 5.79 Å². The minimum absolute atomic E-state index is 0.0516. The zero-order chi connectivity index (χ0) is 18.2. The predicted molar refractivity (Wildman–Crippen MR) is 81.8 cm³/mol. The Morgan fingerprint density at radius 2 is 1.58 bits per heavy atom. The van der Waals surface area contributed by atoms with E-state index in [0.717, 1.165) is 0 Å². The molecule has 0 radical (unpaired) electrons. The number of likely N-dealkylation sites (N-methyl/N-ethyl adjacent to an activating group) is 1. The first kappa shape index (κ1) is 18.5. The van der Waals surface area contributed by atoms with Crippen molar-refractivity contribution < 1.29 is 30.3 Å². The third-order valence-corrected chi connectivity index (χ3v) is 3.68. The van der Waals surface area contributed by atoms with Gasteiger partial charge in [0.25, 0.3) is 0 Å². The molecule has 9 nitrogen and oxygen atoms in total. The van der Waals surface area contributed by atoms with Gasteiger partial charge < -0.3 is 25.5 Å². The first-order valence-electron chi connectivity index (χ1n) is 7.06. The Bertz CT molecular complexity index is 686. The Kier molecular flexibility index (Phi) is 4.79. The molecule has 2 rings (SSSR count). The molecule has 0 aliphatic heterocycles. The zero-order valence-electron chi connectivity index (χ0n) is 13.5. The highest BCUT2D eigenvalue weighted by Gasteiger charge is 2.57. The number of ether oxygens (including phenoxy) is 1. The highest BCUT2D eigenvalue weighted by Crippen LogP contribution is 2.36. The van der Waals surface area contributed by atoms with E-state index in [9.17, 15) is 25.5 Å². The molecule has 5 N–H and O–H groups in total. The summed E-state index contributed by atoms with van der Waals surface area (Å²) in [5.41, 5.74) is 0.186. The predicted octanol–water partition coefficient (Wildman–Crippen LogP) is -1.53. The summed E-state index contributed by atoms with van der Waals surface area (Å²) in [6.45, 7) is 0. The quantitative estimate of drug-likeness (QED) is 0.401. The van der Waals surface area contributed by atoms with E-state index in [-0.39, 0.29) is 11.3 Å². The monoisotopic (exact) mass is 339 g/mol. The summed E-state index contributed by atoms with van der Waals surface area (Å²) in [6.07, 6.45) is 1.38. The summed E-state index contributed by atoms with van der Waals surface area (Å²) >= 11 is 0. The standard InChI is InChI=1S/C15H21N3O6/c1-17(2)14(20,21)15(22,23)24-13(19,11-7-5-4-6-8-11)12-9-10-16-18(12)3/h4-10,19-23H,1-3H3. The second-order valence-corrected chi connectivity index (χ2v) is 5.59. The van der Waals surface area contributed by atoms with E-state index < -0.39 is 17.7 Å². The number of aromatic nitrogens is 2. The second-order valence-electron chi connectivity index (χ2n) is 5.59. The maximum atomic E-state index is 11.1. The SMILES string of the molecule is CN(C)C(O)(O)C(O)(O)OC(O)(c1ccccc1)c1ccnn1C. The van der Waals surface area contributed by atoms with Crippen LogP contribution in [0.3, 0.4) is 0 Å². The highest BCUT2D eigenvalue weighted by molar-refractivity contribution is 5.29. The lowest BCUT2D eigenvalue weighted by Gasteiger charge is -2.42. The van der Waals surface area contributed by atoms with Crippen LogP contribution in [0.5, 0.6) is 0 Å². The number of hydrogen-bond donors (Lipinski definition) is 5. The topological polar surface area (TPSA) is 131 Å². The molecule has 0 bridgehead atoms. The van der Waals surface area contributed by atoms with Crippen LogP contribution >= 0.6 is 0 Å². The van der Waals surface area contributed by atoms with Crippen LogP contribution in [0, 0.1) is 0 Å². The second kappa shape index (κ2) is 6.22. The van der Waals surface area contributed by atoms with Crippen LogP contribution in [0.2, 0.25) is 0 Å². The summed E-state index contributed by atoms with van der Waals surface area (Å²) < 4.78 is 6.29. The van der Waals surface area contributed by atoms with E-state index in [2.05, 4.69) is 5.10 Å². The Balaban J connectivity index is 2.55. The molecular weight excluding hydrogens is 318 g/mol. The number of hydrogen-bond acceptors (Lipinski definition) is 8. The molecule has 9 heteroatoms. The average Bonchev–Trinajstić information content (AvgIpc) is 2.94. The molecule has 0 saturated carbocycles. The number of benzene rings is 1. The molecule has 1 heterocycles. The molecule has 1 atom stereocenters. The van der Waals surface area contributed by atoms with Gasteiger partial charge in [-0.1, -0.05) is 30.3 Å². The van der Waals surface area contributed by atoms with Crippen molar-refractivity contribution in [2.24, 2.45) is 7.05 Å². The lowest BCUT2D eigenvalue weighted by molar-refractivity contribution is -0.525. The van der Waals surface area contributed by atoms with Crippen molar-refractivity contribution in [1.82, 2.24) is 14.7 Å². The van der Waals surface area contributed by atoms with Crippen LogP contribution in [0.1, 0.15) is 11.3 Å². The van der Waals surface area contributed by atoms with Crippen LogP contribution < -0.4 is 0 Å². The van der Waals surface area contributed by atoms with Crippen LogP contribution in [0.4, 0.5) is 0 Å². The Hall–Kier alpha value is -1.85. The molecule has 1 aromatic carbocycles. The first-order valence-corrected chi connectivity index (χ1v) is 7.06. The minimum Gasteiger partial charge on any atom is -0.357 e.